The van der Waals surface area contributed by atoms with Crippen LogP contribution in [0.3, 0.4) is 0 Å². The molecule has 186 valence electrons. The molecule has 0 radical (unpaired) electrons. The first-order valence-corrected chi connectivity index (χ1v) is 12.8. The predicted octanol–water partition coefficient (Wildman–Crippen LogP) is 4.26. The Balaban J connectivity index is 1.34. The molecule has 3 aromatic rings. The number of hydrogen-bond donors (Lipinski definition) is 0. The van der Waals surface area contributed by atoms with Gasteiger partial charge in [-0.2, -0.15) is 0 Å². The standard InChI is InChI=1S/C27H27FN4O3S/c1-17-16-36-23(29-17)15-30(2)25(33)19-7-5-11-31(14-19)22-10-4-9-21-24(22)27(35)32(26(21)34)13-18-6-3-8-20(28)12-18/h3-4,6,8-10,12,16,19H,5,7,11,13-15H2,1-2H3/t19-/m0/s1. The fourth-order valence-corrected chi connectivity index (χ4v) is 5.83. The lowest BCUT2D eigenvalue weighted by molar-refractivity contribution is -0.135. The second-order valence-corrected chi connectivity index (χ2v) is 10.3. The molecule has 1 fully saturated rings. The minimum absolute atomic E-state index is 0.00564. The monoisotopic (exact) mass is 506 g/mol. The number of rotatable bonds is 6. The molecule has 0 spiro atoms. The first-order chi connectivity index (χ1) is 17.3. The Bertz CT molecular complexity index is 1340. The Kier molecular flexibility index (Phi) is 6.57. The maximum Gasteiger partial charge on any atom is 0.263 e. The van der Waals surface area contributed by atoms with Gasteiger partial charge in [-0.25, -0.2) is 9.37 Å². The summed E-state index contributed by atoms with van der Waals surface area (Å²) in [4.78, 5) is 49.1. The van der Waals surface area contributed by atoms with Gasteiger partial charge in [0.15, 0.2) is 0 Å². The van der Waals surface area contributed by atoms with Crippen molar-refractivity contribution in [3.05, 3.63) is 81.1 Å². The highest BCUT2D eigenvalue weighted by Crippen LogP contribution is 2.35. The summed E-state index contributed by atoms with van der Waals surface area (Å²) in [5.74, 6) is -1.35. The number of hydrogen-bond acceptors (Lipinski definition) is 6. The lowest BCUT2D eigenvalue weighted by Gasteiger charge is -2.36. The van der Waals surface area contributed by atoms with E-state index in [1.165, 1.54) is 17.0 Å². The van der Waals surface area contributed by atoms with Crippen LogP contribution >= 0.6 is 11.3 Å². The summed E-state index contributed by atoms with van der Waals surface area (Å²) < 4.78 is 13.7. The third kappa shape index (κ3) is 4.63. The summed E-state index contributed by atoms with van der Waals surface area (Å²) >= 11 is 1.54. The molecule has 0 bridgehead atoms. The third-order valence-electron chi connectivity index (χ3n) is 6.73. The normalized spacial score (nSPS) is 17.5. The molecular weight excluding hydrogens is 479 g/mol. The van der Waals surface area contributed by atoms with Crippen molar-refractivity contribution in [3.63, 3.8) is 0 Å². The summed E-state index contributed by atoms with van der Waals surface area (Å²) in [6.07, 6.45) is 1.57. The first-order valence-electron chi connectivity index (χ1n) is 12.0. The average molecular weight is 507 g/mol. The molecule has 3 amide bonds. The van der Waals surface area contributed by atoms with Crippen molar-refractivity contribution in [1.29, 1.82) is 0 Å². The largest absolute Gasteiger partial charge is 0.370 e. The van der Waals surface area contributed by atoms with E-state index < -0.39 is 5.82 Å². The third-order valence-corrected chi connectivity index (χ3v) is 7.68. The molecule has 5 rings (SSSR count). The number of piperidine rings is 1. The fourth-order valence-electron chi connectivity index (χ4n) is 5.01. The van der Waals surface area contributed by atoms with Gasteiger partial charge in [-0.1, -0.05) is 18.2 Å². The summed E-state index contributed by atoms with van der Waals surface area (Å²) in [5, 5.41) is 2.88. The molecule has 9 heteroatoms. The zero-order chi connectivity index (χ0) is 25.4. The van der Waals surface area contributed by atoms with Crippen LogP contribution in [0.15, 0.2) is 47.8 Å². The van der Waals surface area contributed by atoms with Crippen molar-refractivity contribution in [3.8, 4) is 0 Å². The molecule has 2 aromatic carbocycles. The predicted molar refractivity (Wildman–Crippen MR) is 135 cm³/mol. The molecule has 3 heterocycles. The van der Waals surface area contributed by atoms with Gasteiger partial charge < -0.3 is 9.80 Å². The smallest absolute Gasteiger partial charge is 0.263 e. The van der Waals surface area contributed by atoms with Gasteiger partial charge in [0.05, 0.1) is 35.8 Å². The van der Waals surface area contributed by atoms with Crippen LogP contribution in [0, 0.1) is 18.7 Å². The van der Waals surface area contributed by atoms with Crippen LogP contribution in [0.25, 0.3) is 0 Å². The van der Waals surface area contributed by atoms with Gasteiger partial charge >= 0.3 is 0 Å². The van der Waals surface area contributed by atoms with Gasteiger partial charge in [-0.3, -0.25) is 19.3 Å². The van der Waals surface area contributed by atoms with Gasteiger partial charge in [0.1, 0.15) is 10.8 Å². The molecule has 1 saturated heterocycles. The van der Waals surface area contributed by atoms with Crippen molar-refractivity contribution < 1.29 is 18.8 Å². The minimum atomic E-state index is -0.413. The van der Waals surface area contributed by atoms with Gasteiger partial charge in [0.2, 0.25) is 5.91 Å². The maximum absolute atomic E-state index is 13.7. The van der Waals surface area contributed by atoms with Gasteiger partial charge in [0.25, 0.3) is 11.8 Å². The molecule has 2 aliphatic rings. The number of benzene rings is 2. The van der Waals surface area contributed by atoms with Crippen LogP contribution in [0.4, 0.5) is 10.1 Å². The number of carbonyl (C=O) groups is 3. The van der Waals surface area contributed by atoms with E-state index in [0.29, 0.717) is 42.0 Å². The van der Waals surface area contributed by atoms with Crippen LogP contribution in [0.2, 0.25) is 0 Å². The molecule has 7 nitrogen and oxygen atoms in total. The molecule has 1 aromatic heterocycles. The Morgan fingerprint density at radius 1 is 1.19 bits per heavy atom. The Morgan fingerprint density at radius 2 is 2.00 bits per heavy atom. The van der Waals surface area contributed by atoms with E-state index in [0.717, 1.165) is 23.5 Å². The molecule has 0 saturated carbocycles. The molecule has 0 N–H and O–H groups in total. The lowest BCUT2D eigenvalue weighted by Crippen LogP contribution is -2.44. The first kappa shape index (κ1) is 24.1. The molecular formula is C27H27FN4O3S. The number of aromatic nitrogens is 1. The lowest BCUT2D eigenvalue weighted by atomic mass is 9.95. The Labute approximate surface area is 213 Å². The number of anilines is 1. The van der Waals surface area contributed by atoms with Crippen molar-refractivity contribution in [2.75, 3.05) is 25.0 Å². The fraction of sp³-hybridized carbons (Fsp3) is 0.333. The van der Waals surface area contributed by atoms with Crippen molar-refractivity contribution in [1.82, 2.24) is 14.8 Å². The van der Waals surface area contributed by atoms with Crippen LogP contribution in [-0.4, -0.2) is 52.6 Å². The van der Waals surface area contributed by atoms with Gasteiger partial charge in [-0.15, -0.1) is 11.3 Å². The number of aryl methyl sites for hydroxylation is 1. The number of halogens is 1. The number of fused-ring (bicyclic) bond motifs is 1. The number of thiazole rings is 1. The molecule has 36 heavy (non-hydrogen) atoms. The van der Waals surface area contributed by atoms with Crippen LogP contribution in [0.5, 0.6) is 0 Å². The second-order valence-electron chi connectivity index (χ2n) is 9.39. The number of carbonyl (C=O) groups excluding carboxylic acids is 3. The van der Waals surface area contributed by atoms with Crippen LogP contribution in [-0.2, 0) is 17.9 Å². The van der Waals surface area contributed by atoms with Gasteiger partial charge in [0, 0.05) is 31.2 Å². The highest BCUT2D eigenvalue weighted by Gasteiger charge is 2.39. The van der Waals surface area contributed by atoms with E-state index in [1.54, 1.807) is 47.5 Å². The summed E-state index contributed by atoms with van der Waals surface area (Å²) in [7, 11) is 1.80. The summed E-state index contributed by atoms with van der Waals surface area (Å²) in [6.45, 7) is 3.58. The van der Waals surface area contributed by atoms with E-state index >= 15 is 0 Å². The van der Waals surface area contributed by atoms with Crippen molar-refractivity contribution in [2.45, 2.75) is 32.9 Å². The second kappa shape index (κ2) is 9.81. The molecule has 1 atom stereocenters. The molecule has 2 aliphatic heterocycles. The Morgan fingerprint density at radius 3 is 2.75 bits per heavy atom. The van der Waals surface area contributed by atoms with E-state index in [9.17, 15) is 18.8 Å². The zero-order valence-electron chi connectivity index (χ0n) is 20.2. The molecule has 0 unspecified atom stereocenters. The minimum Gasteiger partial charge on any atom is -0.370 e. The number of amides is 3. The van der Waals surface area contributed by atoms with E-state index in [4.69, 9.17) is 0 Å². The average Bonchev–Trinajstić information content (AvgIpc) is 3.39. The highest BCUT2D eigenvalue weighted by atomic mass is 32.1. The Hall–Kier alpha value is -3.59. The number of nitrogens with zero attached hydrogens (tertiary/aromatic N) is 4. The summed E-state index contributed by atoms with van der Waals surface area (Å²) in [5.41, 5.74) is 2.87. The zero-order valence-corrected chi connectivity index (χ0v) is 21.1. The van der Waals surface area contributed by atoms with Crippen molar-refractivity contribution in [2.24, 2.45) is 5.92 Å². The van der Waals surface area contributed by atoms with E-state index in [2.05, 4.69) is 4.98 Å². The van der Waals surface area contributed by atoms with Crippen LogP contribution < -0.4 is 4.90 Å². The van der Waals surface area contributed by atoms with E-state index in [-0.39, 0.29) is 30.2 Å². The molecule has 0 aliphatic carbocycles. The van der Waals surface area contributed by atoms with E-state index in [1.807, 2.05) is 23.3 Å². The SMILES string of the molecule is Cc1csc(CN(C)C(=O)[C@H]2CCCN(c3cccc4c3C(=O)N(Cc3cccc(F)c3)C4=O)C2)n1. The maximum atomic E-state index is 13.7. The highest BCUT2D eigenvalue weighted by molar-refractivity contribution is 7.09. The van der Waals surface area contributed by atoms with Crippen LogP contribution in [0.1, 0.15) is 49.8 Å². The quantitative estimate of drug-likeness (QED) is 0.467. The summed E-state index contributed by atoms with van der Waals surface area (Å²) in [6, 6.07) is 11.2. The topological polar surface area (TPSA) is 73.8 Å². The number of imide groups is 1. The van der Waals surface area contributed by atoms with Gasteiger partial charge in [-0.05, 0) is 49.6 Å². The van der Waals surface area contributed by atoms with Crippen molar-refractivity contribution >= 4 is 34.7 Å².